The van der Waals surface area contributed by atoms with Crippen LogP contribution < -0.4 is 0 Å². The first-order chi connectivity index (χ1) is 5.45. The lowest BCUT2D eigenvalue weighted by Gasteiger charge is -1.96. The second-order valence-electron chi connectivity index (χ2n) is 3.12. The Kier molecular flexibility index (Phi) is 2.08. The Balaban J connectivity index is 1.65. The molecule has 1 heterocycles. The van der Waals surface area contributed by atoms with E-state index >= 15 is 0 Å². The molecule has 0 aromatic heterocycles. The number of nitrogens with zero attached hydrogens (tertiary/aromatic N) is 1. The molecule has 0 amide bonds. The van der Waals surface area contributed by atoms with Crippen LogP contribution in [0.25, 0.3) is 0 Å². The van der Waals surface area contributed by atoms with Crippen molar-refractivity contribution in [3.8, 4) is 0 Å². The molecule has 11 heavy (non-hydrogen) atoms. The summed E-state index contributed by atoms with van der Waals surface area (Å²) in [5.41, 5.74) is 1.23. The fourth-order valence-corrected chi connectivity index (χ4v) is 1.25. The molecule has 3 nitrogen and oxygen atoms in total. The summed E-state index contributed by atoms with van der Waals surface area (Å²) in [6, 6.07) is 0. The highest BCUT2D eigenvalue weighted by molar-refractivity contribution is 5.85. The molecule has 2 rings (SSSR count). The third kappa shape index (κ3) is 2.19. The van der Waals surface area contributed by atoms with Crippen LogP contribution in [0.5, 0.6) is 0 Å². The van der Waals surface area contributed by atoms with E-state index in [1.54, 1.807) is 0 Å². The summed E-state index contributed by atoms with van der Waals surface area (Å²) >= 11 is 0. The number of hydrogen-bond acceptors (Lipinski definition) is 3. The topological polar surface area (TPSA) is 34.1 Å². The lowest BCUT2D eigenvalue weighted by atomic mass is 10.3. The Labute approximate surface area is 66.4 Å². The first kappa shape index (κ1) is 7.10. The molecule has 1 atom stereocenters. The van der Waals surface area contributed by atoms with Gasteiger partial charge in [0.2, 0.25) is 0 Å². The second-order valence-corrected chi connectivity index (χ2v) is 3.12. The summed E-state index contributed by atoms with van der Waals surface area (Å²) < 4.78 is 4.98. The van der Waals surface area contributed by atoms with Gasteiger partial charge >= 0.3 is 0 Å². The van der Waals surface area contributed by atoms with E-state index in [1.165, 1.54) is 18.6 Å². The van der Waals surface area contributed by atoms with Crippen molar-refractivity contribution in [3.63, 3.8) is 0 Å². The van der Waals surface area contributed by atoms with Crippen LogP contribution in [0, 0.1) is 0 Å². The molecule has 3 heteroatoms. The molecule has 62 valence electrons. The van der Waals surface area contributed by atoms with Crippen molar-refractivity contribution in [3.05, 3.63) is 0 Å². The van der Waals surface area contributed by atoms with E-state index in [4.69, 9.17) is 9.57 Å². The van der Waals surface area contributed by atoms with Crippen molar-refractivity contribution in [1.29, 1.82) is 0 Å². The summed E-state index contributed by atoms with van der Waals surface area (Å²) in [4.78, 5) is 5.10. The van der Waals surface area contributed by atoms with Crippen molar-refractivity contribution < 1.29 is 9.57 Å². The smallest absolute Gasteiger partial charge is 0.145 e. The van der Waals surface area contributed by atoms with Gasteiger partial charge in [0.1, 0.15) is 12.7 Å². The second kappa shape index (κ2) is 3.22. The lowest BCUT2D eigenvalue weighted by Crippen LogP contribution is -1.98. The van der Waals surface area contributed by atoms with E-state index in [0.29, 0.717) is 12.7 Å². The highest BCUT2D eigenvalue weighted by Crippen LogP contribution is 2.15. The van der Waals surface area contributed by atoms with Crippen LogP contribution in [0.3, 0.4) is 0 Å². The summed E-state index contributed by atoms with van der Waals surface area (Å²) in [5, 5.41) is 4.04. The molecule has 1 aliphatic carbocycles. The van der Waals surface area contributed by atoms with Crippen molar-refractivity contribution in [2.45, 2.75) is 31.8 Å². The maximum atomic E-state index is 5.10. The SMILES string of the molecule is C1CCC(=NOC[C@H]2CO2)C1. The van der Waals surface area contributed by atoms with Crippen molar-refractivity contribution in [2.24, 2.45) is 5.16 Å². The molecule has 1 aliphatic heterocycles. The molecule has 2 aliphatic rings. The molecule has 1 saturated carbocycles. The molecule has 0 aromatic rings. The van der Waals surface area contributed by atoms with Crippen LogP contribution in [0.15, 0.2) is 5.16 Å². The standard InChI is InChI=1S/C8H13NO2/c1-2-4-7(3-1)9-11-6-8-5-10-8/h8H,1-6H2/t8-/m1/s1. The number of epoxide rings is 1. The Hall–Kier alpha value is -0.570. The van der Waals surface area contributed by atoms with E-state index in [0.717, 1.165) is 19.4 Å². The van der Waals surface area contributed by atoms with Gasteiger partial charge in [-0.1, -0.05) is 5.16 Å². The van der Waals surface area contributed by atoms with Crippen LogP contribution in [-0.2, 0) is 9.57 Å². The third-order valence-electron chi connectivity index (χ3n) is 2.04. The van der Waals surface area contributed by atoms with Gasteiger partial charge in [0, 0.05) is 0 Å². The number of rotatable bonds is 3. The summed E-state index contributed by atoms with van der Waals surface area (Å²) in [6.45, 7) is 1.49. The van der Waals surface area contributed by atoms with E-state index in [2.05, 4.69) is 5.16 Å². The zero-order valence-corrected chi connectivity index (χ0v) is 6.58. The normalized spacial score (nSPS) is 28.7. The maximum Gasteiger partial charge on any atom is 0.145 e. The van der Waals surface area contributed by atoms with Crippen LogP contribution in [0.4, 0.5) is 0 Å². The highest BCUT2D eigenvalue weighted by Gasteiger charge is 2.23. The van der Waals surface area contributed by atoms with Crippen LogP contribution in [0.2, 0.25) is 0 Å². The van der Waals surface area contributed by atoms with Crippen LogP contribution >= 0.6 is 0 Å². The Bertz CT molecular complexity index is 155. The molecule has 1 saturated heterocycles. The predicted molar refractivity (Wildman–Crippen MR) is 41.6 cm³/mol. The largest absolute Gasteiger partial charge is 0.393 e. The van der Waals surface area contributed by atoms with E-state index in [-0.39, 0.29) is 0 Å². The molecule has 0 unspecified atom stereocenters. The predicted octanol–water partition coefficient (Wildman–Crippen LogP) is 1.33. The molecule has 2 fully saturated rings. The minimum atomic E-state index is 0.334. The minimum absolute atomic E-state index is 0.334. The molecule has 0 N–H and O–H groups in total. The maximum absolute atomic E-state index is 5.10. The molecular formula is C8H13NO2. The van der Waals surface area contributed by atoms with E-state index < -0.39 is 0 Å². The van der Waals surface area contributed by atoms with Gasteiger partial charge in [-0.2, -0.15) is 0 Å². The van der Waals surface area contributed by atoms with E-state index in [1.807, 2.05) is 0 Å². The Morgan fingerprint density at radius 3 is 2.82 bits per heavy atom. The highest BCUT2D eigenvalue weighted by atomic mass is 16.7. The average Bonchev–Trinajstić information content (AvgIpc) is 2.66. The van der Waals surface area contributed by atoms with Crippen LogP contribution in [-0.4, -0.2) is 25.0 Å². The summed E-state index contributed by atoms with van der Waals surface area (Å²) in [7, 11) is 0. The quantitative estimate of drug-likeness (QED) is 0.455. The van der Waals surface area contributed by atoms with Crippen molar-refractivity contribution in [1.82, 2.24) is 0 Å². The number of hydrogen-bond donors (Lipinski definition) is 0. The van der Waals surface area contributed by atoms with Crippen LogP contribution in [0.1, 0.15) is 25.7 Å². The first-order valence-electron chi connectivity index (χ1n) is 4.24. The molecule has 0 bridgehead atoms. The van der Waals surface area contributed by atoms with Gasteiger partial charge in [0.25, 0.3) is 0 Å². The Morgan fingerprint density at radius 2 is 2.18 bits per heavy atom. The Morgan fingerprint density at radius 1 is 1.45 bits per heavy atom. The van der Waals surface area contributed by atoms with Gasteiger partial charge in [-0.3, -0.25) is 0 Å². The monoisotopic (exact) mass is 155 g/mol. The zero-order chi connectivity index (χ0) is 7.52. The van der Waals surface area contributed by atoms with Gasteiger partial charge in [-0.05, 0) is 25.7 Å². The lowest BCUT2D eigenvalue weighted by molar-refractivity contribution is 0.124. The van der Waals surface area contributed by atoms with Gasteiger partial charge in [-0.15, -0.1) is 0 Å². The average molecular weight is 155 g/mol. The third-order valence-corrected chi connectivity index (χ3v) is 2.04. The number of ether oxygens (including phenoxy) is 1. The minimum Gasteiger partial charge on any atom is -0.393 e. The first-order valence-corrected chi connectivity index (χ1v) is 4.24. The summed E-state index contributed by atoms with van der Waals surface area (Å²) in [5.74, 6) is 0. The molecule has 0 aromatic carbocycles. The van der Waals surface area contributed by atoms with Crippen molar-refractivity contribution in [2.75, 3.05) is 13.2 Å². The fraction of sp³-hybridized carbons (Fsp3) is 0.875. The molecule has 0 radical (unpaired) electrons. The van der Waals surface area contributed by atoms with E-state index in [9.17, 15) is 0 Å². The van der Waals surface area contributed by atoms with Gasteiger partial charge in [0.15, 0.2) is 0 Å². The van der Waals surface area contributed by atoms with Gasteiger partial charge < -0.3 is 9.57 Å². The summed E-state index contributed by atoms with van der Waals surface area (Å²) in [6.07, 6.45) is 5.15. The molecular weight excluding hydrogens is 142 g/mol. The van der Waals surface area contributed by atoms with Gasteiger partial charge in [-0.25, -0.2) is 0 Å². The van der Waals surface area contributed by atoms with Crippen molar-refractivity contribution >= 4 is 5.71 Å². The fourth-order valence-electron chi connectivity index (χ4n) is 1.25. The van der Waals surface area contributed by atoms with Gasteiger partial charge in [0.05, 0.1) is 12.3 Å². The zero-order valence-electron chi connectivity index (χ0n) is 6.58. The molecule has 0 spiro atoms. The number of oxime groups is 1.